The number of aromatic amines is 1. The van der Waals surface area contributed by atoms with E-state index in [1.165, 1.54) is 9.75 Å². The van der Waals surface area contributed by atoms with Crippen molar-refractivity contribution in [2.24, 2.45) is 0 Å². The van der Waals surface area contributed by atoms with E-state index in [1.54, 1.807) is 0 Å². The molecule has 4 heteroatoms. The van der Waals surface area contributed by atoms with Gasteiger partial charge in [0.05, 0.1) is 6.04 Å². The molecular weight excluding hydrogens is 242 g/mol. The Bertz CT molecular complexity index is 461. The van der Waals surface area contributed by atoms with Crippen molar-refractivity contribution in [1.29, 1.82) is 0 Å². The van der Waals surface area contributed by atoms with E-state index in [9.17, 15) is 0 Å². The standard InChI is InChI=1S/C14H21N3S/c1-4-11-6-7-13(18-11)10(3)17-12(5-2)14-15-8-9-16-14/h6-10,12,17H,4-5H2,1-3H3,(H,15,16). The van der Waals surface area contributed by atoms with Gasteiger partial charge in [0.2, 0.25) is 0 Å². The Morgan fingerprint density at radius 2 is 2.22 bits per heavy atom. The lowest BCUT2D eigenvalue weighted by Gasteiger charge is -2.19. The van der Waals surface area contributed by atoms with Crippen molar-refractivity contribution in [3.63, 3.8) is 0 Å². The zero-order valence-electron chi connectivity index (χ0n) is 11.2. The summed E-state index contributed by atoms with van der Waals surface area (Å²) >= 11 is 1.90. The summed E-state index contributed by atoms with van der Waals surface area (Å²) in [7, 11) is 0. The van der Waals surface area contributed by atoms with E-state index in [0.29, 0.717) is 12.1 Å². The number of imidazole rings is 1. The van der Waals surface area contributed by atoms with Crippen LogP contribution < -0.4 is 5.32 Å². The number of thiophene rings is 1. The highest BCUT2D eigenvalue weighted by Crippen LogP contribution is 2.26. The number of nitrogens with zero attached hydrogens (tertiary/aromatic N) is 1. The maximum atomic E-state index is 4.34. The Morgan fingerprint density at radius 1 is 1.39 bits per heavy atom. The largest absolute Gasteiger partial charge is 0.347 e. The molecule has 2 atom stereocenters. The summed E-state index contributed by atoms with van der Waals surface area (Å²) in [6, 6.07) is 5.12. The number of aromatic nitrogens is 2. The predicted octanol–water partition coefficient (Wildman–Crippen LogP) is 3.84. The smallest absolute Gasteiger partial charge is 0.123 e. The van der Waals surface area contributed by atoms with Gasteiger partial charge in [0.25, 0.3) is 0 Å². The monoisotopic (exact) mass is 263 g/mol. The lowest BCUT2D eigenvalue weighted by Crippen LogP contribution is -2.24. The molecule has 0 fully saturated rings. The topological polar surface area (TPSA) is 40.7 Å². The van der Waals surface area contributed by atoms with Gasteiger partial charge in [-0.1, -0.05) is 13.8 Å². The van der Waals surface area contributed by atoms with Gasteiger partial charge in [0, 0.05) is 28.2 Å². The summed E-state index contributed by atoms with van der Waals surface area (Å²) in [6.07, 6.45) is 5.84. The number of nitrogens with one attached hydrogen (secondary N) is 2. The molecule has 0 saturated carbocycles. The van der Waals surface area contributed by atoms with E-state index in [4.69, 9.17) is 0 Å². The van der Waals surface area contributed by atoms with Crippen molar-refractivity contribution in [1.82, 2.24) is 15.3 Å². The molecule has 0 radical (unpaired) electrons. The Hall–Kier alpha value is -1.13. The second-order valence-electron chi connectivity index (χ2n) is 4.48. The van der Waals surface area contributed by atoms with Crippen LogP contribution >= 0.6 is 11.3 Å². The third-order valence-electron chi connectivity index (χ3n) is 3.17. The minimum atomic E-state index is 0.294. The molecule has 2 N–H and O–H groups in total. The Balaban J connectivity index is 2.03. The quantitative estimate of drug-likeness (QED) is 0.831. The van der Waals surface area contributed by atoms with Gasteiger partial charge in [0.15, 0.2) is 0 Å². The Labute approximate surface area is 113 Å². The fourth-order valence-corrected chi connectivity index (χ4v) is 3.02. The second-order valence-corrected chi connectivity index (χ2v) is 5.68. The van der Waals surface area contributed by atoms with Gasteiger partial charge in [-0.15, -0.1) is 11.3 Å². The molecule has 2 unspecified atom stereocenters. The van der Waals surface area contributed by atoms with E-state index in [2.05, 4.69) is 48.2 Å². The first-order valence-corrected chi connectivity index (χ1v) is 7.40. The summed E-state index contributed by atoms with van der Waals surface area (Å²) in [5.41, 5.74) is 0. The van der Waals surface area contributed by atoms with E-state index < -0.39 is 0 Å². The normalized spacial score (nSPS) is 14.6. The van der Waals surface area contributed by atoms with Gasteiger partial charge in [-0.3, -0.25) is 5.32 Å². The van der Waals surface area contributed by atoms with Crippen LogP contribution in [0.25, 0.3) is 0 Å². The number of hydrogen-bond acceptors (Lipinski definition) is 3. The van der Waals surface area contributed by atoms with E-state index >= 15 is 0 Å². The van der Waals surface area contributed by atoms with Crippen LogP contribution in [0, 0.1) is 0 Å². The van der Waals surface area contributed by atoms with Crippen molar-refractivity contribution in [2.75, 3.05) is 0 Å². The lowest BCUT2D eigenvalue weighted by molar-refractivity contribution is 0.445. The highest BCUT2D eigenvalue weighted by Gasteiger charge is 2.16. The molecule has 2 aromatic rings. The summed E-state index contributed by atoms with van der Waals surface area (Å²) in [5.74, 6) is 1.02. The fourth-order valence-electron chi connectivity index (χ4n) is 2.06. The number of H-pyrrole nitrogens is 1. The van der Waals surface area contributed by atoms with Crippen molar-refractivity contribution in [3.05, 3.63) is 40.1 Å². The van der Waals surface area contributed by atoms with Crippen LogP contribution in [0.2, 0.25) is 0 Å². The Morgan fingerprint density at radius 3 is 2.78 bits per heavy atom. The van der Waals surface area contributed by atoms with Crippen LogP contribution in [0.3, 0.4) is 0 Å². The molecule has 0 spiro atoms. The van der Waals surface area contributed by atoms with Crippen molar-refractivity contribution >= 4 is 11.3 Å². The summed E-state index contributed by atoms with van der Waals surface area (Å²) in [5, 5.41) is 3.64. The lowest BCUT2D eigenvalue weighted by atomic mass is 10.1. The Kier molecular flexibility index (Phi) is 4.55. The third kappa shape index (κ3) is 3.00. The van der Waals surface area contributed by atoms with Crippen molar-refractivity contribution in [3.8, 4) is 0 Å². The first-order valence-electron chi connectivity index (χ1n) is 6.58. The molecule has 0 aliphatic heterocycles. The van der Waals surface area contributed by atoms with Gasteiger partial charge < -0.3 is 4.98 Å². The van der Waals surface area contributed by atoms with Crippen LogP contribution in [-0.2, 0) is 6.42 Å². The summed E-state index contributed by atoms with van der Waals surface area (Å²) in [6.45, 7) is 6.60. The SMILES string of the molecule is CCc1ccc(C(C)NC(CC)c2ncc[nH]2)s1. The van der Waals surface area contributed by atoms with Crippen LogP contribution in [0.15, 0.2) is 24.5 Å². The third-order valence-corrected chi connectivity index (χ3v) is 4.58. The number of aryl methyl sites for hydroxylation is 1. The van der Waals surface area contributed by atoms with Crippen LogP contribution in [0.1, 0.15) is 54.9 Å². The fraction of sp³-hybridized carbons (Fsp3) is 0.500. The van der Waals surface area contributed by atoms with Crippen LogP contribution in [-0.4, -0.2) is 9.97 Å². The number of rotatable bonds is 6. The van der Waals surface area contributed by atoms with Gasteiger partial charge in [-0.2, -0.15) is 0 Å². The maximum Gasteiger partial charge on any atom is 0.123 e. The molecule has 0 bridgehead atoms. The summed E-state index contributed by atoms with van der Waals surface area (Å²) in [4.78, 5) is 10.4. The molecule has 0 aliphatic carbocycles. The van der Waals surface area contributed by atoms with Gasteiger partial charge >= 0.3 is 0 Å². The zero-order valence-corrected chi connectivity index (χ0v) is 12.1. The van der Waals surface area contributed by atoms with Gasteiger partial charge in [-0.25, -0.2) is 4.98 Å². The average Bonchev–Trinajstić information content (AvgIpc) is 3.05. The molecule has 98 valence electrons. The minimum absolute atomic E-state index is 0.294. The molecule has 2 rings (SSSR count). The van der Waals surface area contributed by atoms with Gasteiger partial charge in [-0.05, 0) is 31.9 Å². The highest BCUT2D eigenvalue weighted by atomic mass is 32.1. The summed E-state index contributed by atoms with van der Waals surface area (Å²) < 4.78 is 0. The molecule has 0 saturated heterocycles. The van der Waals surface area contributed by atoms with Crippen LogP contribution in [0.5, 0.6) is 0 Å². The second kappa shape index (κ2) is 6.16. The molecule has 0 aromatic carbocycles. The molecule has 2 heterocycles. The molecule has 18 heavy (non-hydrogen) atoms. The van der Waals surface area contributed by atoms with E-state index in [-0.39, 0.29) is 0 Å². The first kappa shape index (κ1) is 13.3. The van der Waals surface area contributed by atoms with E-state index in [0.717, 1.165) is 18.7 Å². The first-order chi connectivity index (χ1) is 8.74. The molecular formula is C14H21N3S. The molecule has 3 nitrogen and oxygen atoms in total. The average molecular weight is 263 g/mol. The zero-order chi connectivity index (χ0) is 13.0. The van der Waals surface area contributed by atoms with Crippen molar-refractivity contribution in [2.45, 2.75) is 45.7 Å². The van der Waals surface area contributed by atoms with E-state index in [1.807, 2.05) is 23.7 Å². The molecule has 0 aliphatic rings. The highest BCUT2D eigenvalue weighted by molar-refractivity contribution is 7.12. The maximum absolute atomic E-state index is 4.34. The minimum Gasteiger partial charge on any atom is -0.347 e. The van der Waals surface area contributed by atoms with Gasteiger partial charge in [0.1, 0.15) is 5.82 Å². The van der Waals surface area contributed by atoms with Crippen LogP contribution in [0.4, 0.5) is 0 Å². The predicted molar refractivity (Wildman–Crippen MR) is 76.9 cm³/mol. The number of hydrogen-bond donors (Lipinski definition) is 2. The molecule has 2 aromatic heterocycles. The molecule has 0 amide bonds. The van der Waals surface area contributed by atoms with Crippen molar-refractivity contribution < 1.29 is 0 Å².